The number of likely N-dealkylation sites (N-methyl/N-ethyl adjacent to an activating group) is 1. The fourth-order valence-corrected chi connectivity index (χ4v) is 3.64. The molecule has 8 heteroatoms. The number of hydrogen-bond donors (Lipinski definition) is 1. The van der Waals surface area contributed by atoms with Gasteiger partial charge in [0.1, 0.15) is 11.8 Å². The molecule has 8 nitrogen and oxygen atoms in total. The summed E-state index contributed by atoms with van der Waals surface area (Å²) in [7, 11) is 4.10. The molecule has 1 aliphatic heterocycles. The van der Waals surface area contributed by atoms with Gasteiger partial charge in [-0.2, -0.15) is 0 Å². The van der Waals surface area contributed by atoms with E-state index in [2.05, 4.69) is 11.6 Å². The van der Waals surface area contributed by atoms with E-state index in [0.29, 0.717) is 11.3 Å². The lowest BCUT2D eigenvalue weighted by Gasteiger charge is -2.45. The number of methoxy groups -OCH3 is 2. The Morgan fingerprint density at radius 2 is 1.83 bits per heavy atom. The second kappa shape index (κ2) is 9.79. The number of carbonyl (C=O) groups is 3. The number of esters is 2. The van der Waals surface area contributed by atoms with Gasteiger partial charge >= 0.3 is 11.9 Å². The predicted octanol–water partition coefficient (Wildman–Crippen LogP) is 1.17. The normalized spacial score (nSPS) is 25.3. The fourth-order valence-electron chi connectivity index (χ4n) is 3.64. The zero-order valence-corrected chi connectivity index (χ0v) is 16.6. The topological polar surface area (TPSA) is 112 Å². The van der Waals surface area contributed by atoms with Gasteiger partial charge < -0.3 is 15.2 Å². The third-order valence-corrected chi connectivity index (χ3v) is 4.94. The first-order valence-corrected chi connectivity index (χ1v) is 8.95. The highest BCUT2D eigenvalue weighted by molar-refractivity contribution is 6.10. The zero-order valence-electron chi connectivity index (χ0n) is 16.6. The van der Waals surface area contributed by atoms with E-state index < -0.39 is 41.6 Å². The monoisotopic (exact) mass is 399 g/mol. The molecule has 0 amide bonds. The van der Waals surface area contributed by atoms with E-state index in [4.69, 9.17) is 15.2 Å². The molecular weight excluding hydrogens is 374 g/mol. The molecule has 1 aromatic heterocycles. The number of nitrogens with zero attached hydrogens (tertiary/aromatic N) is 2. The van der Waals surface area contributed by atoms with Crippen LogP contribution in [0.2, 0.25) is 0 Å². The Morgan fingerprint density at radius 1 is 1.17 bits per heavy atom. The molecule has 0 aromatic carbocycles. The Labute approximate surface area is 169 Å². The number of likely N-dealkylation sites (tertiary alicyclic amines) is 1. The summed E-state index contributed by atoms with van der Waals surface area (Å²) in [6, 6.07) is 3.73. The number of rotatable bonds is 6. The van der Waals surface area contributed by atoms with Crippen LogP contribution >= 0.6 is 0 Å². The number of hydrogen-bond acceptors (Lipinski definition) is 8. The first kappa shape index (κ1) is 22.0. The van der Waals surface area contributed by atoms with Crippen molar-refractivity contribution in [2.45, 2.75) is 12.1 Å². The lowest BCUT2D eigenvalue weighted by molar-refractivity contribution is -0.165. The van der Waals surface area contributed by atoms with Crippen LogP contribution in [0.3, 0.4) is 0 Å². The summed E-state index contributed by atoms with van der Waals surface area (Å²) >= 11 is 0. The van der Waals surface area contributed by atoms with Crippen LogP contribution in [0.15, 0.2) is 61.0 Å². The van der Waals surface area contributed by atoms with Gasteiger partial charge in [-0.1, -0.05) is 24.8 Å². The Kier molecular flexibility index (Phi) is 7.44. The number of ketones is 1. The maximum absolute atomic E-state index is 13.3. The van der Waals surface area contributed by atoms with Crippen LogP contribution in [0.1, 0.15) is 11.7 Å². The summed E-state index contributed by atoms with van der Waals surface area (Å²) < 4.78 is 9.74. The molecule has 0 saturated carbocycles. The smallest absolute Gasteiger partial charge is 0.318 e. The summed E-state index contributed by atoms with van der Waals surface area (Å²) in [5, 5.41) is 0. The van der Waals surface area contributed by atoms with E-state index in [1.807, 2.05) is 0 Å². The first-order chi connectivity index (χ1) is 13.9. The first-order valence-electron chi connectivity index (χ1n) is 8.95. The van der Waals surface area contributed by atoms with Crippen molar-refractivity contribution in [3.8, 4) is 0 Å². The van der Waals surface area contributed by atoms with Crippen LogP contribution in [0.5, 0.6) is 0 Å². The van der Waals surface area contributed by atoms with Crippen LogP contribution < -0.4 is 5.73 Å². The number of Topliss-reactive ketones (excluding diaryl/α,β-unsaturated/α-hetero) is 1. The number of pyridine rings is 1. The Balaban J connectivity index is 2.62. The molecule has 2 rings (SSSR count). The number of nitrogens with two attached hydrogens (primary N) is 1. The van der Waals surface area contributed by atoms with Gasteiger partial charge in [0.2, 0.25) is 0 Å². The Bertz CT molecular complexity index is 834. The standard InChI is InChI=1S/C21H25N3O5/c1-13(9-5-7-11-22)17-15(20(26)28-3)19(25)16(21(27)29-4)18(24(17)2)14-10-6-8-12-23-14/h5-12,15-18H,1,22H2,2-4H3/b9-5-,11-7-. The lowest BCUT2D eigenvalue weighted by Crippen LogP contribution is -2.59. The quantitative estimate of drug-likeness (QED) is 0.431. The molecule has 0 bridgehead atoms. The maximum atomic E-state index is 13.3. The van der Waals surface area contributed by atoms with Gasteiger partial charge in [-0.15, -0.1) is 0 Å². The van der Waals surface area contributed by atoms with Crippen molar-refractivity contribution >= 4 is 17.7 Å². The third-order valence-electron chi connectivity index (χ3n) is 4.94. The van der Waals surface area contributed by atoms with Crippen molar-refractivity contribution in [1.29, 1.82) is 0 Å². The highest BCUT2D eigenvalue weighted by Crippen LogP contribution is 2.41. The third kappa shape index (κ3) is 4.43. The van der Waals surface area contributed by atoms with E-state index in [1.165, 1.54) is 20.4 Å². The molecule has 154 valence electrons. The number of piperidine rings is 1. The summed E-state index contributed by atoms with van der Waals surface area (Å²) in [6.45, 7) is 4.02. The van der Waals surface area contributed by atoms with E-state index in [1.54, 1.807) is 54.6 Å². The lowest BCUT2D eigenvalue weighted by atomic mass is 9.74. The molecule has 1 aliphatic rings. The minimum atomic E-state index is -1.24. The highest BCUT2D eigenvalue weighted by atomic mass is 16.5. The average Bonchev–Trinajstić information content (AvgIpc) is 2.74. The number of carbonyl (C=O) groups excluding carboxylic acids is 3. The summed E-state index contributed by atoms with van der Waals surface area (Å²) in [5.74, 6) is -4.55. The van der Waals surface area contributed by atoms with Gasteiger partial charge in [-0.25, -0.2) is 0 Å². The van der Waals surface area contributed by atoms with Crippen molar-refractivity contribution in [2.24, 2.45) is 17.6 Å². The molecule has 29 heavy (non-hydrogen) atoms. The molecule has 0 radical (unpaired) electrons. The fraction of sp³-hybridized carbons (Fsp3) is 0.333. The van der Waals surface area contributed by atoms with Gasteiger partial charge in [0.05, 0.1) is 32.0 Å². The van der Waals surface area contributed by atoms with Crippen molar-refractivity contribution in [1.82, 2.24) is 9.88 Å². The largest absolute Gasteiger partial charge is 0.468 e. The van der Waals surface area contributed by atoms with Gasteiger partial charge in [0.25, 0.3) is 0 Å². The number of allylic oxidation sites excluding steroid dienone is 2. The van der Waals surface area contributed by atoms with Crippen LogP contribution in [0.4, 0.5) is 0 Å². The van der Waals surface area contributed by atoms with Crippen LogP contribution in [0.25, 0.3) is 0 Å². The number of aromatic nitrogens is 1. The van der Waals surface area contributed by atoms with Crippen LogP contribution in [0, 0.1) is 11.8 Å². The van der Waals surface area contributed by atoms with Gasteiger partial charge in [-0.05, 0) is 37.0 Å². The Morgan fingerprint density at radius 3 is 2.38 bits per heavy atom. The molecule has 2 N–H and O–H groups in total. The van der Waals surface area contributed by atoms with E-state index >= 15 is 0 Å². The Hall–Kier alpha value is -3.26. The molecule has 1 fully saturated rings. The van der Waals surface area contributed by atoms with Crippen molar-refractivity contribution in [3.63, 3.8) is 0 Å². The molecule has 4 unspecified atom stereocenters. The molecule has 4 atom stereocenters. The SMILES string of the molecule is C=C(/C=C\C=C/N)C1C(C(=O)OC)C(=O)C(C(=O)OC)C(c2ccccn2)N1C. The minimum absolute atomic E-state index is 0.485. The van der Waals surface area contributed by atoms with Crippen LogP contribution in [-0.4, -0.2) is 54.9 Å². The number of ether oxygens (including phenoxy) is 2. The second-order valence-electron chi connectivity index (χ2n) is 6.53. The molecule has 0 spiro atoms. The van der Waals surface area contributed by atoms with E-state index in [0.717, 1.165) is 0 Å². The summed E-state index contributed by atoms with van der Waals surface area (Å²) in [6.07, 6.45) is 7.82. The summed E-state index contributed by atoms with van der Waals surface area (Å²) in [5.41, 5.74) is 6.33. The summed E-state index contributed by atoms with van der Waals surface area (Å²) in [4.78, 5) is 44.5. The molecule has 0 aliphatic carbocycles. The molecule has 2 heterocycles. The van der Waals surface area contributed by atoms with E-state index in [-0.39, 0.29) is 0 Å². The van der Waals surface area contributed by atoms with E-state index in [9.17, 15) is 14.4 Å². The molecule has 1 saturated heterocycles. The molecule has 1 aromatic rings. The molecular formula is C21H25N3O5. The van der Waals surface area contributed by atoms with Gasteiger partial charge in [-0.3, -0.25) is 24.3 Å². The predicted molar refractivity (Wildman–Crippen MR) is 106 cm³/mol. The zero-order chi connectivity index (χ0) is 21.6. The second-order valence-corrected chi connectivity index (χ2v) is 6.53. The van der Waals surface area contributed by atoms with Crippen molar-refractivity contribution in [2.75, 3.05) is 21.3 Å². The average molecular weight is 399 g/mol. The van der Waals surface area contributed by atoms with Crippen LogP contribution in [-0.2, 0) is 23.9 Å². The highest BCUT2D eigenvalue weighted by Gasteiger charge is 2.55. The van der Waals surface area contributed by atoms with Crippen molar-refractivity contribution in [3.05, 3.63) is 66.7 Å². The minimum Gasteiger partial charge on any atom is -0.468 e. The maximum Gasteiger partial charge on any atom is 0.318 e. The van der Waals surface area contributed by atoms with Gasteiger partial charge in [0, 0.05) is 6.20 Å². The van der Waals surface area contributed by atoms with Gasteiger partial charge in [0.15, 0.2) is 5.78 Å². The van der Waals surface area contributed by atoms with Crippen molar-refractivity contribution < 1.29 is 23.9 Å².